The van der Waals surface area contributed by atoms with Crippen molar-refractivity contribution in [1.82, 2.24) is 25.3 Å². The highest BCUT2D eigenvalue weighted by molar-refractivity contribution is 14.0. The molecule has 2 atom stereocenters. The topological polar surface area (TPSA) is 46.1 Å². The minimum Gasteiger partial charge on any atom is -0.356 e. The third kappa shape index (κ3) is 8.32. The zero-order chi connectivity index (χ0) is 20.5. The number of benzene rings is 1. The van der Waals surface area contributed by atoms with Gasteiger partial charge in [-0.05, 0) is 45.3 Å². The van der Waals surface area contributed by atoms with Crippen LogP contribution in [0.5, 0.6) is 0 Å². The molecule has 0 radical (unpaired) electrons. The fourth-order valence-corrected chi connectivity index (χ4v) is 4.37. The summed E-state index contributed by atoms with van der Waals surface area (Å²) < 4.78 is 0. The molecule has 3 rings (SSSR count). The van der Waals surface area contributed by atoms with Gasteiger partial charge in [-0.2, -0.15) is 0 Å². The summed E-state index contributed by atoms with van der Waals surface area (Å²) in [6.45, 7) is 11.5. The van der Waals surface area contributed by atoms with Crippen LogP contribution in [-0.2, 0) is 6.54 Å². The summed E-state index contributed by atoms with van der Waals surface area (Å²) in [6.07, 6.45) is 3.60. The zero-order valence-electron chi connectivity index (χ0n) is 19.0. The molecule has 2 unspecified atom stereocenters. The number of hydrogen-bond acceptors (Lipinski definition) is 4. The van der Waals surface area contributed by atoms with E-state index in [1.807, 2.05) is 7.05 Å². The van der Waals surface area contributed by atoms with E-state index < -0.39 is 0 Å². The molecule has 1 aromatic carbocycles. The lowest BCUT2D eigenvalue weighted by molar-refractivity contribution is 0.152. The number of aliphatic imine (C=N–C) groups is 1. The number of guanidine groups is 1. The Morgan fingerprint density at radius 2 is 1.83 bits per heavy atom. The van der Waals surface area contributed by atoms with Crippen LogP contribution in [0.1, 0.15) is 31.7 Å². The molecule has 2 saturated heterocycles. The number of piperazine rings is 1. The summed E-state index contributed by atoms with van der Waals surface area (Å²) in [5.41, 5.74) is 1.39. The summed E-state index contributed by atoms with van der Waals surface area (Å²) in [7, 11) is 4.09. The van der Waals surface area contributed by atoms with E-state index in [2.05, 4.69) is 74.6 Å². The number of likely N-dealkylation sites (N-methyl/N-ethyl adjacent to an activating group) is 1. The molecule has 1 aromatic rings. The predicted molar refractivity (Wildman–Crippen MR) is 138 cm³/mol. The van der Waals surface area contributed by atoms with Crippen LogP contribution in [0.3, 0.4) is 0 Å². The molecule has 170 valence electrons. The first-order chi connectivity index (χ1) is 14.1. The number of nitrogens with zero attached hydrogens (tertiary/aromatic N) is 4. The Balaban J connectivity index is 0.00000320. The molecule has 2 heterocycles. The number of halogens is 1. The smallest absolute Gasteiger partial charge is 0.191 e. The van der Waals surface area contributed by atoms with Gasteiger partial charge < -0.3 is 20.4 Å². The first-order valence-electron chi connectivity index (χ1n) is 11.3. The molecular formula is C23H41IN6. The lowest BCUT2D eigenvalue weighted by atomic mass is 10.2. The third-order valence-electron chi connectivity index (χ3n) is 6.29. The summed E-state index contributed by atoms with van der Waals surface area (Å²) in [6, 6.07) is 11.8. The van der Waals surface area contributed by atoms with Crippen molar-refractivity contribution in [2.24, 2.45) is 4.99 Å². The molecule has 2 N–H and O–H groups in total. The molecule has 2 aliphatic heterocycles. The van der Waals surface area contributed by atoms with Gasteiger partial charge in [-0.3, -0.25) is 9.89 Å². The summed E-state index contributed by atoms with van der Waals surface area (Å²) in [4.78, 5) is 12.0. The SMILES string of the molecule is CN=C(NCCCCN1CCN(C)CC1)NC1CC(C)N(Cc2ccccc2)C1.I. The average Bonchev–Trinajstić information content (AvgIpc) is 3.07. The van der Waals surface area contributed by atoms with E-state index in [0.29, 0.717) is 12.1 Å². The van der Waals surface area contributed by atoms with Crippen LogP contribution in [0, 0.1) is 0 Å². The van der Waals surface area contributed by atoms with Crippen molar-refractivity contribution in [3.05, 3.63) is 35.9 Å². The number of nitrogens with one attached hydrogen (secondary N) is 2. The molecule has 7 heteroatoms. The molecule has 0 aromatic heterocycles. The van der Waals surface area contributed by atoms with E-state index in [0.717, 1.165) is 32.0 Å². The van der Waals surface area contributed by atoms with Gasteiger partial charge in [-0.15, -0.1) is 24.0 Å². The minimum absolute atomic E-state index is 0. The van der Waals surface area contributed by atoms with Crippen molar-refractivity contribution >= 4 is 29.9 Å². The van der Waals surface area contributed by atoms with Crippen molar-refractivity contribution in [3.8, 4) is 0 Å². The van der Waals surface area contributed by atoms with Crippen LogP contribution in [0.4, 0.5) is 0 Å². The second-order valence-electron chi connectivity index (χ2n) is 8.69. The lowest BCUT2D eigenvalue weighted by Crippen LogP contribution is -2.45. The Hall–Kier alpha value is -0.900. The van der Waals surface area contributed by atoms with Crippen LogP contribution in [-0.4, -0.2) is 92.7 Å². The molecule has 2 fully saturated rings. The summed E-state index contributed by atoms with van der Waals surface area (Å²) in [5, 5.41) is 7.15. The Bertz CT molecular complexity index is 617. The Labute approximate surface area is 200 Å². The molecule has 0 aliphatic carbocycles. The first kappa shape index (κ1) is 25.4. The fraction of sp³-hybridized carbons (Fsp3) is 0.696. The van der Waals surface area contributed by atoms with Gasteiger partial charge in [0.25, 0.3) is 0 Å². The van der Waals surface area contributed by atoms with Gasteiger partial charge in [-0.1, -0.05) is 30.3 Å². The van der Waals surface area contributed by atoms with Gasteiger partial charge in [0.15, 0.2) is 5.96 Å². The Morgan fingerprint density at radius 3 is 2.53 bits per heavy atom. The second kappa shape index (κ2) is 13.5. The van der Waals surface area contributed by atoms with Crippen molar-refractivity contribution < 1.29 is 0 Å². The molecule has 0 spiro atoms. The highest BCUT2D eigenvalue weighted by Gasteiger charge is 2.29. The molecule has 30 heavy (non-hydrogen) atoms. The van der Waals surface area contributed by atoms with Crippen molar-refractivity contribution in [1.29, 1.82) is 0 Å². The normalized spacial score (nSPS) is 23.9. The van der Waals surface area contributed by atoms with Crippen LogP contribution in [0.25, 0.3) is 0 Å². The van der Waals surface area contributed by atoms with Crippen molar-refractivity contribution in [2.75, 3.05) is 59.9 Å². The van der Waals surface area contributed by atoms with Gasteiger partial charge in [0.2, 0.25) is 0 Å². The quantitative estimate of drug-likeness (QED) is 0.235. The largest absolute Gasteiger partial charge is 0.356 e. The third-order valence-corrected chi connectivity index (χ3v) is 6.29. The van der Waals surface area contributed by atoms with E-state index in [1.165, 1.54) is 51.1 Å². The number of hydrogen-bond donors (Lipinski definition) is 2. The average molecular weight is 529 g/mol. The molecule has 0 saturated carbocycles. The van der Waals surface area contributed by atoms with E-state index in [-0.39, 0.29) is 24.0 Å². The Morgan fingerprint density at radius 1 is 1.10 bits per heavy atom. The molecule has 0 amide bonds. The predicted octanol–water partition coefficient (Wildman–Crippen LogP) is 2.46. The monoisotopic (exact) mass is 528 g/mol. The minimum atomic E-state index is 0. The van der Waals surface area contributed by atoms with Crippen LogP contribution < -0.4 is 10.6 Å². The van der Waals surface area contributed by atoms with Crippen molar-refractivity contribution in [2.45, 2.75) is 44.8 Å². The van der Waals surface area contributed by atoms with E-state index in [4.69, 9.17) is 0 Å². The summed E-state index contributed by atoms with van der Waals surface area (Å²) in [5.74, 6) is 0.948. The molecule has 0 bridgehead atoms. The maximum atomic E-state index is 4.44. The van der Waals surface area contributed by atoms with Crippen LogP contribution in [0.2, 0.25) is 0 Å². The van der Waals surface area contributed by atoms with E-state index in [1.54, 1.807) is 0 Å². The van der Waals surface area contributed by atoms with E-state index >= 15 is 0 Å². The van der Waals surface area contributed by atoms with Gasteiger partial charge in [0.1, 0.15) is 0 Å². The first-order valence-corrected chi connectivity index (χ1v) is 11.3. The highest BCUT2D eigenvalue weighted by atomic mass is 127. The summed E-state index contributed by atoms with van der Waals surface area (Å²) >= 11 is 0. The maximum Gasteiger partial charge on any atom is 0.191 e. The highest BCUT2D eigenvalue weighted by Crippen LogP contribution is 2.20. The molecule has 6 nitrogen and oxygen atoms in total. The van der Waals surface area contributed by atoms with Crippen LogP contribution >= 0.6 is 24.0 Å². The van der Waals surface area contributed by atoms with Crippen molar-refractivity contribution in [3.63, 3.8) is 0 Å². The van der Waals surface area contributed by atoms with Gasteiger partial charge in [0.05, 0.1) is 0 Å². The van der Waals surface area contributed by atoms with Gasteiger partial charge in [-0.25, -0.2) is 0 Å². The number of rotatable bonds is 8. The van der Waals surface area contributed by atoms with Crippen LogP contribution in [0.15, 0.2) is 35.3 Å². The standard InChI is InChI=1S/C23H40N6.HI/c1-20-17-22(19-29(20)18-21-9-5-4-6-10-21)26-23(24-2)25-11-7-8-12-28-15-13-27(3)14-16-28;/h4-6,9-10,20,22H,7-8,11-19H2,1-3H3,(H2,24,25,26);1H. The lowest BCUT2D eigenvalue weighted by Gasteiger charge is -2.32. The Kier molecular flexibility index (Phi) is 11.4. The second-order valence-corrected chi connectivity index (χ2v) is 8.69. The maximum absolute atomic E-state index is 4.44. The zero-order valence-corrected chi connectivity index (χ0v) is 21.3. The van der Waals surface area contributed by atoms with Gasteiger partial charge in [0, 0.05) is 64.9 Å². The van der Waals surface area contributed by atoms with Gasteiger partial charge >= 0.3 is 0 Å². The number of unbranched alkanes of at least 4 members (excludes halogenated alkanes) is 1. The molecule has 2 aliphatic rings. The fourth-order valence-electron chi connectivity index (χ4n) is 4.37. The molecular weight excluding hydrogens is 487 g/mol. The van der Waals surface area contributed by atoms with E-state index in [9.17, 15) is 0 Å². The number of likely N-dealkylation sites (tertiary alicyclic amines) is 1.